The molecule has 2 aromatic rings. The Hall–Kier alpha value is -1.65. The molecule has 0 spiro atoms. The highest BCUT2D eigenvalue weighted by molar-refractivity contribution is 7.93. The van der Waals surface area contributed by atoms with E-state index in [1.54, 1.807) is 0 Å². The Bertz CT molecular complexity index is 703. The lowest BCUT2D eigenvalue weighted by atomic mass is 10.0. The van der Waals surface area contributed by atoms with E-state index in [1.807, 2.05) is 67.4 Å². The van der Waals surface area contributed by atoms with E-state index in [0.717, 1.165) is 18.0 Å². The lowest BCUT2D eigenvalue weighted by Crippen LogP contribution is -2.22. The van der Waals surface area contributed by atoms with Crippen molar-refractivity contribution in [3.63, 3.8) is 0 Å². The molecule has 0 saturated heterocycles. The smallest absolute Gasteiger partial charge is 0.0924 e. The van der Waals surface area contributed by atoms with Gasteiger partial charge in [-0.2, -0.15) is 5.01 Å². The minimum Gasteiger partial charge on any atom is -0.243 e. The zero-order valence-corrected chi connectivity index (χ0v) is 15.0. The third-order valence-corrected chi connectivity index (χ3v) is 6.39. The van der Waals surface area contributed by atoms with Gasteiger partial charge in [0.15, 0.2) is 0 Å². The Morgan fingerprint density at radius 2 is 1.48 bits per heavy atom. The van der Waals surface area contributed by atoms with Crippen LogP contribution in [0, 0.1) is 0 Å². The summed E-state index contributed by atoms with van der Waals surface area (Å²) in [6.07, 6.45) is 0. The molecule has 2 aromatic carbocycles. The molecule has 0 aliphatic carbocycles. The third kappa shape index (κ3) is 4.66. The molecular formula is C19H26N2OS. The molecule has 3 nitrogen and oxygen atoms in total. The van der Waals surface area contributed by atoms with Crippen molar-refractivity contribution in [3.05, 3.63) is 66.2 Å². The third-order valence-electron chi connectivity index (χ3n) is 3.93. The van der Waals surface area contributed by atoms with E-state index in [-0.39, 0.29) is 5.92 Å². The van der Waals surface area contributed by atoms with Crippen LogP contribution < -0.4 is 0 Å². The minimum atomic E-state index is -2.49. The van der Waals surface area contributed by atoms with Crippen molar-refractivity contribution < 1.29 is 4.21 Å². The topological polar surface area (TPSA) is 32.7 Å². The summed E-state index contributed by atoms with van der Waals surface area (Å²) >= 11 is 0. The van der Waals surface area contributed by atoms with Crippen LogP contribution in [0.25, 0.3) is 0 Å². The van der Waals surface area contributed by atoms with Gasteiger partial charge in [0.1, 0.15) is 0 Å². The first kappa shape index (κ1) is 17.7. The molecule has 0 aliphatic rings. The van der Waals surface area contributed by atoms with E-state index in [9.17, 15) is 4.21 Å². The number of nitrogens with zero attached hydrogens (tertiary/aromatic N) is 2. The molecule has 0 saturated carbocycles. The van der Waals surface area contributed by atoms with E-state index >= 15 is 0 Å². The van der Waals surface area contributed by atoms with Gasteiger partial charge in [-0.1, -0.05) is 69.3 Å². The molecular weight excluding hydrogens is 304 g/mol. The number of benzene rings is 2. The van der Waals surface area contributed by atoms with Crippen molar-refractivity contribution in [3.8, 4) is 0 Å². The molecule has 124 valence electrons. The molecule has 0 radical (unpaired) electrons. The Kier molecular flexibility index (Phi) is 6.37. The van der Waals surface area contributed by atoms with Crippen LogP contribution in [0.2, 0.25) is 0 Å². The molecule has 0 bridgehead atoms. The SMILES string of the molecule is CCN(CC)N=S(=O)(CC(C)c1ccccc1)c1ccccc1. The number of hydrogen-bond acceptors (Lipinski definition) is 2. The van der Waals surface area contributed by atoms with Gasteiger partial charge >= 0.3 is 0 Å². The molecule has 4 heteroatoms. The maximum absolute atomic E-state index is 13.7. The highest BCUT2D eigenvalue weighted by Gasteiger charge is 2.19. The second kappa shape index (κ2) is 8.27. The fraction of sp³-hybridized carbons (Fsp3) is 0.368. The van der Waals surface area contributed by atoms with E-state index in [0.29, 0.717) is 5.75 Å². The van der Waals surface area contributed by atoms with Crippen molar-refractivity contribution >= 4 is 9.73 Å². The van der Waals surface area contributed by atoms with Crippen LogP contribution in [0.1, 0.15) is 32.3 Å². The first-order valence-electron chi connectivity index (χ1n) is 8.18. The zero-order chi connectivity index (χ0) is 16.7. The van der Waals surface area contributed by atoms with Crippen LogP contribution in [0.5, 0.6) is 0 Å². The van der Waals surface area contributed by atoms with Gasteiger partial charge in [-0.3, -0.25) is 0 Å². The summed E-state index contributed by atoms with van der Waals surface area (Å²) in [7, 11) is -2.49. The lowest BCUT2D eigenvalue weighted by molar-refractivity contribution is 0.325. The molecule has 0 N–H and O–H groups in total. The molecule has 0 aromatic heterocycles. The molecule has 0 fully saturated rings. The predicted molar refractivity (Wildman–Crippen MR) is 97.9 cm³/mol. The highest BCUT2D eigenvalue weighted by Crippen LogP contribution is 2.23. The van der Waals surface area contributed by atoms with E-state index in [2.05, 4.69) is 23.5 Å². The van der Waals surface area contributed by atoms with Gasteiger partial charge < -0.3 is 0 Å². The Balaban J connectivity index is 2.41. The van der Waals surface area contributed by atoms with Crippen molar-refractivity contribution in [2.75, 3.05) is 18.8 Å². The summed E-state index contributed by atoms with van der Waals surface area (Å²) < 4.78 is 18.3. The van der Waals surface area contributed by atoms with Gasteiger partial charge in [0, 0.05) is 23.7 Å². The van der Waals surface area contributed by atoms with Crippen LogP contribution in [0.4, 0.5) is 0 Å². The molecule has 23 heavy (non-hydrogen) atoms. The van der Waals surface area contributed by atoms with Crippen LogP contribution >= 0.6 is 0 Å². The summed E-state index contributed by atoms with van der Waals surface area (Å²) in [5, 5.41) is 1.90. The van der Waals surface area contributed by atoms with Crippen molar-refractivity contribution in [2.24, 2.45) is 4.47 Å². The summed E-state index contributed by atoms with van der Waals surface area (Å²) in [5.41, 5.74) is 1.20. The van der Waals surface area contributed by atoms with E-state index in [4.69, 9.17) is 0 Å². The lowest BCUT2D eigenvalue weighted by Gasteiger charge is -2.20. The molecule has 0 amide bonds. The number of hydrogen-bond donors (Lipinski definition) is 0. The summed E-state index contributed by atoms with van der Waals surface area (Å²) in [5.74, 6) is 0.709. The maximum atomic E-state index is 13.7. The molecule has 0 aliphatic heterocycles. The molecule has 2 atom stereocenters. The second-order valence-corrected chi connectivity index (χ2v) is 7.90. The van der Waals surface area contributed by atoms with Crippen LogP contribution in [-0.2, 0) is 9.73 Å². The minimum absolute atomic E-state index is 0.184. The van der Waals surface area contributed by atoms with Crippen LogP contribution in [-0.4, -0.2) is 28.1 Å². The fourth-order valence-electron chi connectivity index (χ4n) is 2.55. The fourth-order valence-corrected chi connectivity index (χ4v) is 4.96. The van der Waals surface area contributed by atoms with Crippen molar-refractivity contribution in [2.45, 2.75) is 31.6 Å². The molecule has 0 heterocycles. The standard InChI is InChI=1S/C19H26N2OS/c1-4-21(5-2)20-23(22,19-14-10-7-11-15-19)16-17(3)18-12-8-6-9-13-18/h6-15,17H,4-5,16H2,1-3H3. The Morgan fingerprint density at radius 1 is 0.957 bits per heavy atom. The second-order valence-electron chi connectivity index (χ2n) is 5.65. The van der Waals surface area contributed by atoms with Crippen molar-refractivity contribution in [1.29, 1.82) is 0 Å². The summed E-state index contributed by atoms with van der Waals surface area (Å²) in [6, 6.07) is 19.9. The van der Waals surface area contributed by atoms with Crippen molar-refractivity contribution in [1.82, 2.24) is 5.01 Å². The van der Waals surface area contributed by atoms with Crippen LogP contribution in [0.15, 0.2) is 70.0 Å². The maximum Gasteiger partial charge on any atom is 0.0924 e. The zero-order valence-electron chi connectivity index (χ0n) is 14.2. The molecule has 2 unspecified atom stereocenters. The summed E-state index contributed by atoms with van der Waals surface area (Å²) in [4.78, 5) is 0.815. The quantitative estimate of drug-likeness (QED) is 0.696. The van der Waals surface area contributed by atoms with E-state index in [1.165, 1.54) is 5.56 Å². The Labute approximate surface area is 140 Å². The Morgan fingerprint density at radius 3 is 2.00 bits per heavy atom. The largest absolute Gasteiger partial charge is 0.243 e. The normalized spacial score (nSPS) is 15.1. The molecule has 2 rings (SSSR count). The van der Waals surface area contributed by atoms with E-state index < -0.39 is 9.73 Å². The summed E-state index contributed by atoms with van der Waals surface area (Å²) in [6.45, 7) is 7.73. The van der Waals surface area contributed by atoms with Gasteiger partial charge in [0.25, 0.3) is 0 Å². The van der Waals surface area contributed by atoms with Crippen LogP contribution in [0.3, 0.4) is 0 Å². The van der Waals surface area contributed by atoms with Gasteiger partial charge in [0.05, 0.1) is 9.73 Å². The predicted octanol–water partition coefficient (Wildman–Crippen LogP) is 4.57. The van der Waals surface area contributed by atoms with Gasteiger partial charge in [-0.15, -0.1) is 4.47 Å². The first-order chi connectivity index (χ1) is 11.1. The average Bonchev–Trinajstić information content (AvgIpc) is 2.61. The number of rotatable bonds is 7. The first-order valence-corrected chi connectivity index (χ1v) is 9.87. The average molecular weight is 330 g/mol. The van der Waals surface area contributed by atoms with Gasteiger partial charge in [-0.25, -0.2) is 4.21 Å². The van der Waals surface area contributed by atoms with Gasteiger partial charge in [0.2, 0.25) is 0 Å². The highest BCUT2D eigenvalue weighted by atomic mass is 32.2. The van der Waals surface area contributed by atoms with Gasteiger partial charge in [-0.05, 0) is 23.6 Å². The monoisotopic (exact) mass is 330 g/mol.